The van der Waals surface area contributed by atoms with Crippen molar-refractivity contribution in [3.05, 3.63) is 0 Å². The first kappa shape index (κ1) is 9.49. The van der Waals surface area contributed by atoms with Crippen molar-refractivity contribution >= 4 is 11.8 Å². The zero-order chi connectivity index (χ0) is 10.1. The minimum Gasteiger partial charge on any atom is -0.341 e. The number of fused-ring (bicyclic) bond motifs is 1. The van der Waals surface area contributed by atoms with Crippen molar-refractivity contribution in [1.29, 1.82) is 0 Å². The van der Waals surface area contributed by atoms with Crippen molar-refractivity contribution < 1.29 is 9.59 Å². The van der Waals surface area contributed by atoms with Crippen LogP contribution in [0.2, 0.25) is 0 Å². The number of rotatable bonds is 1. The fourth-order valence-electron chi connectivity index (χ4n) is 2.33. The lowest BCUT2D eigenvalue weighted by Crippen LogP contribution is -2.43. The van der Waals surface area contributed by atoms with Crippen molar-refractivity contribution in [1.82, 2.24) is 9.80 Å². The second-order valence-electron chi connectivity index (χ2n) is 3.91. The summed E-state index contributed by atoms with van der Waals surface area (Å²) >= 11 is 0. The van der Waals surface area contributed by atoms with Gasteiger partial charge in [-0.15, -0.1) is 0 Å². The second kappa shape index (κ2) is 3.59. The van der Waals surface area contributed by atoms with Gasteiger partial charge in [0.15, 0.2) is 0 Å². The molecule has 2 rings (SSSR count). The molecule has 0 bridgehead atoms. The first-order chi connectivity index (χ1) is 6.74. The van der Waals surface area contributed by atoms with Gasteiger partial charge < -0.3 is 9.80 Å². The van der Waals surface area contributed by atoms with E-state index in [1.807, 2.05) is 6.92 Å². The smallest absolute Gasteiger partial charge is 0.245 e. The molecule has 1 atom stereocenters. The van der Waals surface area contributed by atoms with Gasteiger partial charge in [0.2, 0.25) is 11.8 Å². The maximum Gasteiger partial charge on any atom is 0.245 e. The third kappa shape index (κ3) is 1.38. The number of hydrogen-bond donors (Lipinski definition) is 0. The Morgan fingerprint density at radius 3 is 2.86 bits per heavy atom. The van der Waals surface area contributed by atoms with Gasteiger partial charge in [-0.1, -0.05) is 0 Å². The van der Waals surface area contributed by atoms with Gasteiger partial charge in [-0.3, -0.25) is 9.59 Å². The summed E-state index contributed by atoms with van der Waals surface area (Å²) in [5.74, 6) is 0.299. The van der Waals surface area contributed by atoms with Crippen LogP contribution in [0.1, 0.15) is 26.2 Å². The van der Waals surface area contributed by atoms with Gasteiger partial charge in [-0.2, -0.15) is 0 Å². The fraction of sp³-hybridized carbons (Fsp3) is 0.800. The highest BCUT2D eigenvalue weighted by molar-refractivity contribution is 5.90. The standard InChI is InChI=1S/C10H16N2O2/c1-2-11-7-5-9(13)12-6-3-4-8(12)10(11)14/h8H,2-7H2,1H3. The molecule has 2 aliphatic heterocycles. The highest BCUT2D eigenvalue weighted by atomic mass is 16.2. The minimum absolute atomic E-state index is 0.148. The largest absolute Gasteiger partial charge is 0.341 e. The van der Waals surface area contributed by atoms with Gasteiger partial charge in [0, 0.05) is 26.1 Å². The molecule has 2 heterocycles. The molecular weight excluding hydrogens is 180 g/mol. The normalized spacial score (nSPS) is 27.9. The van der Waals surface area contributed by atoms with Crippen molar-refractivity contribution in [2.75, 3.05) is 19.6 Å². The van der Waals surface area contributed by atoms with Gasteiger partial charge in [0.25, 0.3) is 0 Å². The zero-order valence-electron chi connectivity index (χ0n) is 8.53. The average molecular weight is 196 g/mol. The third-order valence-electron chi connectivity index (χ3n) is 3.15. The molecule has 0 aliphatic carbocycles. The molecule has 78 valence electrons. The summed E-state index contributed by atoms with van der Waals surface area (Å²) < 4.78 is 0. The van der Waals surface area contributed by atoms with E-state index in [1.165, 1.54) is 0 Å². The van der Waals surface area contributed by atoms with Crippen LogP contribution in [-0.4, -0.2) is 47.3 Å². The molecule has 2 amide bonds. The van der Waals surface area contributed by atoms with E-state index < -0.39 is 0 Å². The topological polar surface area (TPSA) is 40.6 Å². The summed E-state index contributed by atoms with van der Waals surface area (Å²) in [4.78, 5) is 27.1. The highest BCUT2D eigenvalue weighted by Crippen LogP contribution is 2.22. The molecule has 2 fully saturated rings. The van der Waals surface area contributed by atoms with Crippen LogP contribution in [0.4, 0.5) is 0 Å². The van der Waals surface area contributed by atoms with Crippen LogP contribution < -0.4 is 0 Å². The van der Waals surface area contributed by atoms with E-state index in [0.717, 1.165) is 25.9 Å². The van der Waals surface area contributed by atoms with Crippen LogP contribution in [0, 0.1) is 0 Å². The average Bonchev–Trinajstić information content (AvgIpc) is 2.62. The Labute approximate surface area is 83.9 Å². The monoisotopic (exact) mass is 196 g/mol. The SMILES string of the molecule is CCN1CCC(=O)N2CCCC2C1=O. The molecule has 0 radical (unpaired) electrons. The minimum atomic E-state index is -0.148. The van der Waals surface area contributed by atoms with Gasteiger partial charge in [-0.25, -0.2) is 0 Å². The number of hydrogen-bond acceptors (Lipinski definition) is 2. The number of likely N-dealkylation sites (N-methyl/N-ethyl adjacent to an activating group) is 1. The summed E-state index contributed by atoms with van der Waals surface area (Å²) in [5.41, 5.74) is 0. The Bertz CT molecular complexity index is 265. The van der Waals surface area contributed by atoms with Crippen LogP contribution >= 0.6 is 0 Å². The fourth-order valence-corrected chi connectivity index (χ4v) is 2.33. The van der Waals surface area contributed by atoms with E-state index in [4.69, 9.17) is 0 Å². The molecule has 1 unspecified atom stereocenters. The summed E-state index contributed by atoms with van der Waals surface area (Å²) in [5, 5.41) is 0. The maximum atomic E-state index is 11.9. The number of amides is 2. The van der Waals surface area contributed by atoms with Crippen molar-refractivity contribution in [2.45, 2.75) is 32.2 Å². The summed E-state index contributed by atoms with van der Waals surface area (Å²) in [6.07, 6.45) is 2.32. The molecule has 2 aliphatic rings. The lowest BCUT2D eigenvalue weighted by Gasteiger charge is -2.23. The summed E-state index contributed by atoms with van der Waals surface area (Å²) in [6, 6.07) is -0.148. The van der Waals surface area contributed by atoms with Crippen LogP contribution in [0.5, 0.6) is 0 Å². The van der Waals surface area contributed by atoms with Crippen LogP contribution in [-0.2, 0) is 9.59 Å². The van der Waals surface area contributed by atoms with Gasteiger partial charge in [-0.05, 0) is 19.8 Å². The molecule has 0 spiro atoms. The molecule has 0 N–H and O–H groups in total. The molecule has 0 aromatic carbocycles. The molecule has 0 aromatic rings. The Balaban J connectivity index is 2.21. The zero-order valence-corrected chi connectivity index (χ0v) is 8.53. The van der Waals surface area contributed by atoms with Crippen molar-refractivity contribution in [2.24, 2.45) is 0 Å². The quantitative estimate of drug-likeness (QED) is 0.602. The van der Waals surface area contributed by atoms with E-state index in [-0.39, 0.29) is 17.9 Å². The van der Waals surface area contributed by atoms with E-state index in [0.29, 0.717) is 13.0 Å². The number of carbonyl (C=O) groups excluding carboxylic acids is 2. The summed E-state index contributed by atoms with van der Waals surface area (Å²) in [7, 11) is 0. The first-order valence-corrected chi connectivity index (χ1v) is 5.32. The van der Waals surface area contributed by atoms with Crippen LogP contribution in [0.3, 0.4) is 0 Å². The van der Waals surface area contributed by atoms with Gasteiger partial charge >= 0.3 is 0 Å². The predicted octanol–water partition coefficient (Wildman–Crippen LogP) is 0.230. The van der Waals surface area contributed by atoms with Crippen molar-refractivity contribution in [3.8, 4) is 0 Å². The van der Waals surface area contributed by atoms with E-state index in [9.17, 15) is 9.59 Å². The van der Waals surface area contributed by atoms with E-state index >= 15 is 0 Å². The predicted molar refractivity (Wildman–Crippen MR) is 51.6 cm³/mol. The first-order valence-electron chi connectivity index (χ1n) is 5.32. The van der Waals surface area contributed by atoms with Gasteiger partial charge in [0.05, 0.1) is 0 Å². The molecule has 4 heteroatoms. The van der Waals surface area contributed by atoms with E-state index in [2.05, 4.69) is 0 Å². The molecular formula is C10H16N2O2. The highest BCUT2D eigenvalue weighted by Gasteiger charge is 2.38. The number of nitrogens with zero attached hydrogens (tertiary/aromatic N) is 2. The van der Waals surface area contributed by atoms with Crippen LogP contribution in [0.25, 0.3) is 0 Å². The Kier molecular flexibility index (Phi) is 2.44. The second-order valence-corrected chi connectivity index (χ2v) is 3.91. The Morgan fingerprint density at radius 2 is 2.14 bits per heavy atom. The lowest BCUT2D eigenvalue weighted by atomic mass is 10.2. The molecule has 0 saturated carbocycles. The maximum absolute atomic E-state index is 11.9. The Morgan fingerprint density at radius 1 is 1.36 bits per heavy atom. The molecule has 14 heavy (non-hydrogen) atoms. The van der Waals surface area contributed by atoms with Gasteiger partial charge in [0.1, 0.15) is 6.04 Å². The lowest BCUT2D eigenvalue weighted by molar-refractivity contribution is -0.139. The number of carbonyl (C=O) groups is 2. The van der Waals surface area contributed by atoms with E-state index in [1.54, 1.807) is 9.80 Å². The third-order valence-corrected chi connectivity index (χ3v) is 3.15. The molecule has 0 aromatic heterocycles. The molecule has 2 saturated heterocycles. The summed E-state index contributed by atoms with van der Waals surface area (Å²) in [6.45, 7) is 4.05. The van der Waals surface area contributed by atoms with Crippen molar-refractivity contribution in [3.63, 3.8) is 0 Å². The Hall–Kier alpha value is -1.06. The van der Waals surface area contributed by atoms with Crippen LogP contribution in [0.15, 0.2) is 0 Å². The molecule has 4 nitrogen and oxygen atoms in total.